The van der Waals surface area contributed by atoms with E-state index < -0.39 is 23.7 Å². The molecule has 0 spiro atoms. The maximum atomic E-state index is 13.2. The highest BCUT2D eigenvalue weighted by atomic mass is 19.4. The molecule has 3 nitrogen and oxygen atoms in total. The Morgan fingerprint density at radius 1 is 1.05 bits per heavy atom. The minimum Gasteiger partial charge on any atom is -0.405 e. The summed E-state index contributed by atoms with van der Waals surface area (Å²) < 4.78 is 53.9. The Morgan fingerprint density at radius 2 is 1.71 bits per heavy atom. The number of alkyl halides is 3. The van der Waals surface area contributed by atoms with E-state index in [0.29, 0.717) is 0 Å². The standard InChI is InChI=1S/C14H9F4NO2/c15-8-5-6-11(19)10(7-8)13(20)9-3-1-2-4-12(9)21-14(16,17)18/h1-7H,19H2. The maximum Gasteiger partial charge on any atom is 0.573 e. The number of halogens is 4. The zero-order chi connectivity index (χ0) is 15.6. The van der Waals surface area contributed by atoms with Crippen molar-refractivity contribution >= 4 is 11.5 Å². The van der Waals surface area contributed by atoms with Crippen molar-refractivity contribution in [3.05, 3.63) is 59.4 Å². The first-order chi connectivity index (χ1) is 9.78. The number of nitrogens with two attached hydrogens (primary N) is 1. The molecule has 2 aromatic carbocycles. The number of carbonyl (C=O) groups is 1. The fourth-order valence-corrected chi connectivity index (χ4v) is 1.74. The lowest BCUT2D eigenvalue weighted by Crippen LogP contribution is -2.19. The largest absolute Gasteiger partial charge is 0.573 e. The van der Waals surface area contributed by atoms with Crippen LogP contribution in [0.1, 0.15) is 15.9 Å². The molecule has 0 amide bonds. The zero-order valence-corrected chi connectivity index (χ0v) is 10.4. The molecule has 21 heavy (non-hydrogen) atoms. The van der Waals surface area contributed by atoms with Gasteiger partial charge in [0, 0.05) is 11.3 Å². The zero-order valence-electron chi connectivity index (χ0n) is 10.4. The number of ketones is 1. The van der Waals surface area contributed by atoms with Gasteiger partial charge >= 0.3 is 6.36 Å². The average Bonchev–Trinajstić information content (AvgIpc) is 2.39. The SMILES string of the molecule is Nc1ccc(F)cc1C(=O)c1ccccc1OC(F)(F)F. The summed E-state index contributed by atoms with van der Waals surface area (Å²) in [6, 6.07) is 7.87. The van der Waals surface area contributed by atoms with Gasteiger partial charge in [0.15, 0.2) is 5.78 Å². The number of para-hydroxylation sites is 1. The van der Waals surface area contributed by atoms with Crippen LogP contribution in [0.15, 0.2) is 42.5 Å². The van der Waals surface area contributed by atoms with E-state index in [1.54, 1.807) is 0 Å². The van der Waals surface area contributed by atoms with Gasteiger partial charge in [-0.2, -0.15) is 0 Å². The molecule has 0 radical (unpaired) electrons. The smallest absolute Gasteiger partial charge is 0.405 e. The molecule has 0 aliphatic rings. The molecule has 2 aromatic rings. The van der Waals surface area contributed by atoms with Gasteiger partial charge in [0.1, 0.15) is 11.6 Å². The summed E-state index contributed by atoms with van der Waals surface area (Å²) >= 11 is 0. The van der Waals surface area contributed by atoms with Gasteiger partial charge in [-0.05, 0) is 30.3 Å². The molecule has 0 saturated heterocycles. The molecule has 0 atom stereocenters. The predicted octanol–water partition coefficient (Wildman–Crippen LogP) is 3.54. The van der Waals surface area contributed by atoms with E-state index in [-0.39, 0.29) is 16.8 Å². The monoisotopic (exact) mass is 299 g/mol. The molecule has 0 aromatic heterocycles. The number of hydrogen-bond donors (Lipinski definition) is 1. The Bertz CT molecular complexity index is 683. The normalized spacial score (nSPS) is 11.2. The molecular formula is C14H9F4NO2. The van der Waals surface area contributed by atoms with E-state index in [9.17, 15) is 22.4 Å². The number of anilines is 1. The fraction of sp³-hybridized carbons (Fsp3) is 0.0714. The Balaban J connectivity index is 2.46. The highest BCUT2D eigenvalue weighted by Gasteiger charge is 2.33. The second-order valence-corrected chi connectivity index (χ2v) is 4.10. The Hall–Kier alpha value is -2.57. The molecule has 0 saturated carbocycles. The Labute approximate surface area is 116 Å². The fourth-order valence-electron chi connectivity index (χ4n) is 1.74. The van der Waals surface area contributed by atoms with Crippen molar-refractivity contribution in [2.24, 2.45) is 0 Å². The van der Waals surface area contributed by atoms with E-state index in [0.717, 1.165) is 30.3 Å². The second-order valence-electron chi connectivity index (χ2n) is 4.10. The molecule has 2 rings (SSSR count). The summed E-state index contributed by atoms with van der Waals surface area (Å²) in [6.45, 7) is 0. The lowest BCUT2D eigenvalue weighted by Gasteiger charge is -2.13. The molecule has 2 N–H and O–H groups in total. The van der Waals surface area contributed by atoms with E-state index in [4.69, 9.17) is 5.73 Å². The van der Waals surface area contributed by atoms with Crippen LogP contribution in [-0.2, 0) is 0 Å². The third-order valence-corrected chi connectivity index (χ3v) is 2.62. The van der Waals surface area contributed by atoms with Gasteiger partial charge in [-0.25, -0.2) is 4.39 Å². The third-order valence-electron chi connectivity index (χ3n) is 2.62. The van der Waals surface area contributed by atoms with Gasteiger partial charge in [-0.15, -0.1) is 13.2 Å². The molecule has 0 aliphatic heterocycles. The van der Waals surface area contributed by atoms with Crippen LogP contribution >= 0.6 is 0 Å². The van der Waals surface area contributed by atoms with E-state index in [2.05, 4.69) is 4.74 Å². The number of rotatable bonds is 3. The van der Waals surface area contributed by atoms with E-state index >= 15 is 0 Å². The lowest BCUT2D eigenvalue weighted by molar-refractivity contribution is -0.274. The van der Waals surface area contributed by atoms with Crippen molar-refractivity contribution in [3.63, 3.8) is 0 Å². The molecular weight excluding hydrogens is 290 g/mol. The van der Waals surface area contributed by atoms with Crippen molar-refractivity contribution in [2.45, 2.75) is 6.36 Å². The number of nitrogen functional groups attached to an aromatic ring is 1. The van der Waals surface area contributed by atoms with Crippen LogP contribution in [0.4, 0.5) is 23.2 Å². The van der Waals surface area contributed by atoms with Gasteiger partial charge in [0.25, 0.3) is 0 Å². The molecule has 0 unspecified atom stereocenters. The summed E-state index contributed by atoms with van der Waals surface area (Å²) in [5.74, 6) is -2.24. The molecule has 0 aliphatic carbocycles. The van der Waals surface area contributed by atoms with Crippen LogP contribution < -0.4 is 10.5 Å². The van der Waals surface area contributed by atoms with Crippen LogP contribution in [0.2, 0.25) is 0 Å². The first kappa shape index (κ1) is 14.8. The highest BCUT2D eigenvalue weighted by molar-refractivity contribution is 6.13. The van der Waals surface area contributed by atoms with Crippen LogP contribution in [0.5, 0.6) is 5.75 Å². The molecule has 0 bridgehead atoms. The van der Waals surface area contributed by atoms with Crippen LogP contribution in [-0.4, -0.2) is 12.1 Å². The second kappa shape index (κ2) is 5.43. The van der Waals surface area contributed by atoms with Crippen molar-refractivity contribution in [1.82, 2.24) is 0 Å². The van der Waals surface area contributed by atoms with Gasteiger partial charge < -0.3 is 10.5 Å². The van der Waals surface area contributed by atoms with Crippen LogP contribution in [0.25, 0.3) is 0 Å². The summed E-state index contributed by atoms with van der Waals surface area (Å²) in [5.41, 5.74) is 4.93. The van der Waals surface area contributed by atoms with Crippen molar-refractivity contribution in [3.8, 4) is 5.75 Å². The summed E-state index contributed by atoms with van der Waals surface area (Å²) in [6.07, 6.45) is -4.94. The van der Waals surface area contributed by atoms with Crippen LogP contribution in [0, 0.1) is 5.82 Å². The lowest BCUT2D eigenvalue weighted by atomic mass is 10.0. The molecule has 7 heteroatoms. The van der Waals surface area contributed by atoms with E-state index in [1.165, 1.54) is 12.1 Å². The van der Waals surface area contributed by atoms with Crippen molar-refractivity contribution in [2.75, 3.05) is 5.73 Å². The van der Waals surface area contributed by atoms with Crippen molar-refractivity contribution < 1.29 is 27.1 Å². The average molecular weight is 299 g/mol. The minimum absolute atomic E-state index is 0.0387. The van der Waals surface area contributed by atoms with Crippen LogP contribution in [0.3, 0.4) is 0 Å². The number of benzene rings is 2. The maximum absolute atomic E-state index is 13.2. The number of hydrogen-bond acceptors (Lipinski definition) is 3. The summed E-state index contributed by atoms with van der Waals surface area (Å²) in [5, 5.41) is 0. The third kappa shape index (κ3) is 3.50. The topological polar surface area (TPSA) is 52.3 Å². The first-order valence-corrected chi connectivity index (χ1v) is 5.72. The van der Waals surface area contributed by atoms with Gasteiger partial charge in [-0.1, -0.05) is 12.1 Å². The minimum atomic E-state index is -4.94. The van der Waals surface area contributed by atoms with Gasteiger partial charge in [-0.3, -0.25) is 4.79 Å². The summed E-state index contributed by atoms with van der Waals surface area (Å²) in [4.78, 5) is 12.2. The molecule has 0 heterocycles. The van der Waals surface area contributed by atoms with Crippen molar-refractivity contribution in [1.29, 1.82) is 0 Å². The van der Waals surface area contributed by atoms with Gasteiger partial charge in [0.2, 0.25) is 0 Å². The quantitative estimate of drug-likeness (QED) is 0.536. The highest BCUT2D eigenvalue weighted by Crippen LogP contribution is 2.29. The number of ether oxygens (including phenoxy) is 1. The Kier molecular flexibility index (Phi) is 3.84. The summed E-state index contributed by atoms with van der Waals surface area (Å²) in [7, 11) is 0. The Morgan fingerprint density at radius 3 is 2.38 bits per heavy atom. The molecule has 110 valence electrons. The van der Waals surface area contributed by atoms with Gasteiger partial charge in [0.05, 0.1) is 5.56 Å². The number of carbonyl (C=O) groups excluding carboxylic acids is 1. The molecule has 0 fully saturated rings. The van der Waals surface area contributed by atoms with E-state index in [1.807, 2.05) is 0 Å². The predicted molar refractivity (Wildman–Crippen MR) is 67.4 cm³/mol. The first-order valence-electron chi connectivity index (χ1n) is 5.72.